The highest BCUT2D eigenvalue weighted by atomic mass is 32.2. The van der Waals surface area contributed by atoms with Gasteiger partial charge in [-0.05, 0) is 47.7 Å². The van der Waals surface area contributed by atoms with Gasteiger partial charge in [0.2, 0.25) is 0 Å². The molecule has 0 saturated carbocycles. The third-order valence-corrected chi connectivity index (χ3v) is 5.09. The maximum Gasteiger partial charge on any atom is 0.286 e. The third-order valence-electron chi connectivity index (χ3n) is 4.05. The molecule has 26 heavy (non-hydrogen) atoms. The number of aliphatic imine (C=N–C) groups is 1. The van der Waals surface area contributed by atoms with Crippen LogP contribution in [0.25, 0.3) is 6.08 Å². The van der Waals surface area contributed by atoms with Gasteiger partial charge < -0.3 is 14.4 Å². The van der Waals surface area contributed by atoms with Crippen LogP contribution in [0.4, 0.5) is 0 Å². The van der Waals surface area contributed by atoms with E-state index in [9.17, 15) is 4.79 Å². The number of hydrogen-bond acceptors (Lipinski definition) is 5. The minimum atomic E-state index is -0.180. The molecule has 0 unspecified atom stereocenters. The lowest BCUT2D eigenvalue weighted by molar-refractivity contribution is -0.113. The largest absolute Gasteiger partial charge is 0.457 e. The summed E-state index contributed by atoms with van der Waals surface area (Å²) in [6.07, 6.45) is 1.87. The molecular formula is C20H18N2O3S. The summed E-state index contributed by atoms with van der Waals surface area (Å²) in [5.41, 5.74) is 0.944. The molecule has 0 atom stereocenters. The molecule has 0 N–H and O–H groups in total. The first-order valence-corrected chi connectivity index (χ1v) is 9.28. The molecule has 0 bridgehead atoms. The average Bonchev–Trinajstić information content (AvgIpc) is 3.05. The minimum absolute atomic E-state index is 0.180. The first kappa shape index (κ1) is 16.9. The van der Waals surface area contributed by atoms with Gasteiger partial charge >= 0.3 is 0 Å². The van der Waals surface area contributed by atoms with Gasteiger partial charge in [0.25, 0.3) is 5.91 Å². The van der Waals surface area contributed by atoms with Crippen molar-refractivity contribution in [3.8, 4) is 11.5 Å². The summed E-state index contributed by atoms with van der Waals surface area (Å²) < 4.78 is 11.1. The van der Waals surface area contributed by atoms with E-state index >= 15 is 0 Å². The van der Waals surface area contributed by atoms with Crippen molar-refractivity contribution in [2.75, 3.05) is 26.3 Å². The molecule has 4 rings (SSSR count). The molecule has 0 radical (unpaired) electrons. The van der Waals surface area contributed by atoms with Gasteiger partial charge in [-0.25, -0.2) is 0 Å². The number of thioether (sulfide) groups is 1. The molecule has 2 aliphatic rings. The second-order valence-corrected chi connectivity index (χ2v) is 6.90. The Bertz CT molecular complexity index is 841. The highest BCUT2D eigenvalue weighted by Crippen LogP contribution is 2.31. The highest BCUT2D eigenvalue weighted by molar-refractivity contribution is 8.18. The number of amides is 1. The molecule has 2 aromatic carbocycles. The fourth-order valence-electron chi connectivity index (χ4n) is 2.70. The number of para-hydroxylation sites is 1. The maximum absolute atomic E-state index is 12.2. The van der Waals surface area contributed by atoms with Gasteiger partial charge in [-0.2, -0.15) is 4.99 Å². The van der Waals surface area contributed by atoms with Crippen molar-refractivity contribution in [3.63, 3.8) is 0 Å². The van der Waals surface area contributed by atoms with E-state index in [4.69, 9.17) is 9.47 Å². The van der Waals surface area contributed by atoms with Crippen molar-refractivity contribution in [2.45, 2.75) is 0 Å². The fraction of sp³-hybridized carbons (Fsp3) is 0.200. The van der Waals surface area contributed by atoms with Crippen molar-refractivity contribution >= 4 is 28.9 Å². The van der Waals surface area contributed by atoms with Gasteiger partial charge in [-0.1, -0.05) is 30.3 Å². The van der Waals surface area contributed by atoms with E-state index < -0.39 is 0 Å². The van der Waals surface area contributed by atoms with E-state index in [1.165, 1.54) is 11.8 Å². The number of carbonyl (C=O) groups is 1. The quantitative estimate of drug-likeness (QED) is 0.774. The van der Waals surface area contributed by atoms with Crippen LogP contribution >= 0.6 is 11.8 Å². The van der Waals surface area contributed by atoms with Crippen molar-refractivity contribution in [3.05, 3.63) is 65.1 Å². The van der Waals surface area contributed by atoms with Crippen molar-refractivity contribution in [2.24, 2.45) is 4.99 Å². The van der Waals surface area contributed by atoms with Gasteiger partial charge in [0.1, 0.15) is 11.5 Å². The second-order valence-electron chi connectivity index (χ2n) is 5.89. The van der Waals surface area contributed by atoms with Crippen LogP contribution in [-0.2, 0) is 9.53 Å². The van der Waals surface area contributed by atoms with Crippen LogP contribution in [0.2, 0.25) is 0 Å². The molecule has 2 aromatic rings. The zero-order chi connectivity index (χ0) is 17.8. The molecule has 2 heterocycles. The number of benzene rings is 2. The predicted octanol–water partition coefficient (Wildman–Crippen LogP) is 3.78. The number of rotatable bonds is 3. The Morgan fingerprint density at radius 1 is 1.00 bits per heavy atom. The Morgan fingerprint density at radius 3 is 2.42 bits per heavy atom. The summed E-state index contributed by atoms with van der Waals surface area (Å²) in [5.74, 6) is 1.37. The first-order valence-electron chi connectivity index (χ1n) is 8.46. The molecule has 0 aliphatic carbocycles. The summed E-state index contributed by atoms with van der Waals surface area (Å²) in [6.45, 7) is 2.90. The van der Waals surface area contributed by atoms with Crippen LogP contribution in [0, 0.1) is 0 Å². The first-order chi connectivity index (χ1) is 12.8. The monoisotopic (exact) mass is 366 g/mol. The van der Waals surface area contributed by atoms with Crippen LogP contribution in [-0.4, -0.2) is 42.3 Å². The Labute approximate surface area is 156 Å². The second kappa shape index (κ2) is 7.76. The van der Waals surface area contributed by atoms with Gasteiger partial charge in [-0.3, -0.25) is 4.79 Å². The Balaban J connectivity index is 1.43. The summed E-state index contributed by atoms with van der Waals surface area (Å²) in [6, 6.07) is 17.3. The SMILES string of the molecule is O=C1N=C(N2CCOCC2)SC1=Cc1ccc(Oc2ccccc2)cc1. The van der Waals surface area contributed by atoms with E-state index in [1.54, 1.807) is 0 Å². The lowest BCUT2D eigenvalue weighted by Gasteiger charge is -2.27. The number of hydrogen-bond donors (Lipinski definition) is 0. The Kier molecular flexibility index (Phi) is 5.04. The smallest absolute Gasteiger partial charge is 0.286 e. The van der Waals surface area contributed by atoms with E-state index in [2.05, 4.69) is 9.89 Å². The van der Waals surface area contributed by atoms with Gasteiger partial charge in [0, 0.05) is 13.1 Å². The van der Waals surface area contributed by atoms with Crippen LogP contribution in [0.5, 0.6) is 11.5 Å². The molecule has 1 saturated heterocycles. The molecule has 6 heteroatoms. The van der Waals surface area contributed by atoms with Gasteiger partial charge in [-0.15, -0.1) is 0 Å². The van der Waals surface area contributed by atoms with E-state index in [0.29, 0.717) is 18.1 Å². The molecular weight excluding hydrogens is 348 g/mol. The molecule has 0 spiro atoms. The number of morpholine rings is 1. The third kappa shape index (κ3) is 3.98. The standard InChI is InChI=1S/C20H18N2O3S/c23-19-18(26-20(21-19)22-10-12-24-13-11-22)14-15-6-8-17(9-7-15)25-16-4-2-1-3-5-16/h1-9,14H,10-13H2. The summed E-state index contributed by atoms with van der Waals surface area (Å²) >= 11 is 1.43. The zero-order valence-corrected chi connectivity index (χ0v) is 14.9. The van der Waals surface area contributed by atoms with Crippen molar-refractivity contribution in [1.29, 1.82) is 0 Å². The number of carbonyl (C=O) groups excluding carboxylic acids is 1. The topological polar surface area (TPSA) is 51.1 Å². The highest BCUT2D eigenvalue weighted by Gasteiger charge is 2.27. The lowest BCUT2D eigenvalue weighted by Crippen LogP contribution is -2.38. The predicted molar refractivity (Wildman–Crippen MR) is 103 cm³/mol. The Morgan fingerprint density at radius 2 is 1.69 bits per heavy atom. The number of ether oxygens (including phenoxy) is 2. The molecule has 2 aliphatic heterocycles. The van der Waals surface area contributed by atoms with Crippen molar-refractivity contribution in [1.82, 2.24) is 4.90 Å². The van der Waals surface area contributed by atoms with Crippen molar-refractivity contribution < 1.29 is 14.3 Å². The summed E-state index contributed by atoms with van der Waals surface area (Å²) in [7, 11) is 0. The van der Waals surface area contributed by atoms with Gasteiger partial charge in [0.05, 0.1) is 18.1 Å². The van der Waals surface area contributed by atoms with Crippen LogP contribution in [0.1, 0.15) is 5.56 Å². The minimum Gasteiger partial charge on any atom is -0.457 e. The Hall–Kier alpha value is -2.57. The molecule has 132 valence electrons. The number of nitrogens with zero attached hydrogens (tertiary/aromatic N) is 2. The van der Waals surface area contributed by atoms with E-state index in [-0.39, 0.29) is 5.91 Å². The molecule has 5 nitrogen and oxygen atoms in total. The summed E-state index contributed by atoms with van der Waals surface area (Å²) in [5, 5.41) is 0.772. The van der Waals surface area contributed by atoms with Crippen LogP contribution < -0.4 is 4.74 Å². The molecule has 1 amide bonds. The lowest BCUT2D eigenvalue weighted by atomic mass is 10.2. The average molecular weight is 366 g/mol. The normalized spacial score (nSPS) is 18.9. The molecule has 0 aromatic heterocycles. The van der Waals surface area contributed by atoms with Crippen LogP contribution in [0.3, 0.4) is 0 Å². The zero-order valence-electron chi connectivity index (χ0n) is 14.1. The summed E-state index contributed by atoms with van der Waals surface area (Å²) in [4.78, 5) is 19.1. The maximum atomic E-state index is 12.2. The van der Waals surface area contributed by atoms with E-state index in [1.807, 2.05) is 60.7 Å². The number of amidine groups is 1. The van der Waals surface area contributed by atoms with Crippen LogP contribution in [0.15, 0.2) is 64.5 Å². The fourth-order valence-corrected chi connectivity index (χ4v) is 3.66. The molecule has 1 fully saturated rings. The van der Waals surface area contributed by atoms with Gasteiger partial charge in [0.15, 0.2) is 5.17 Å². The van der Waals surface area contributed by atoms with E-state index in [0.717, 1.165) is 35.3 Å².